The molecule has 1 atom stereocenters. The van der Waals surface area contributed by atoms with Crippen LogP contribution >= 0.6 is 11.6 Å². The first-order valence-corrected chi connectivity index (χ1v) is 12.8. The highest BCUT2D eigenvalue weighted by atomic mass is 35.5. The summed E-state index contributed by atoms with van der Waals surface area (Å²) in [6.45, 7) is 0. The maximum absolute atomic E-state index is 12.7. The van der Waals surface area contributed by atoms with Crippen molar-refractivity contribution in [2.75, 3.05) is 5.75 Å². The number of aromatic nitrogens is 1. The summed E-state index contributed by atoms with van der Waals surface area (Å²) < 4.78 is 23.7. The lowest BCUT2D eigenvalue weighted by Gasteiger charge is -2.64. The third kappa shape index (κ3) is 3.85. The first-order valence-electron chi connectivity index (χ1n) is 11.1. The number of carbonyl (C=O) groups excluding carboxylic acids is 1. The second-order valence-electron chi connectivity index (χ2n) is 10.2. The molecule has 2 aromatic heterocycles. The van der Waals surface area contributed by atoms with Gasteiger partial charge in [0.15, 0.2) is 11.3 Å². The molecule has 3 aliphatic rings. The van der Waals surface area contributed by atoms with Crippen molar-refractivity contribution in [1.82, 2.24) is 10.3 Å². The Bertz CT molecular complexity index is 1240. The minimum absolute atomic E-state index is 0.0465. The van der Waals surface area contributed by atoms with E-state index in [0.29, 0.717) is 64.5 Å². The third-order valence-electron chi connectivity index (χ3n) is 7.01. The first kappa shape index (κ1) is 21.5. The molecule has 3 saturated carbocycles. The van der Waals surface area contributed by atoms with E-state index in [1.807, 2.05) is 0 Å². The quantitative estimate of drug-likeness (QED) is 0.356. The van der Waals surface area contributed by atoms with Crippen LogP contribution in [-0.4, -0.2) is 26.9 Å². The van der Waals surface area contributed by atoms with Crippen LogP contribution in [0.1, 0.15) is 55.0 Å². The predicted octanol–water partition coefficient (Wildman–Crippen LogP) is 3.40. The molecular formula is C23H25ClN4O4S. The number of benzene rings is 1. The maximum Gasteiger partial charge on any atom is 0.311 e. The number of nitrogens with one attached hydrogen (secondary N) is 1. The van der Waals surface area contributed by atoms with Gasteiger partial charge in [-0.2, -0.15) is 0 Å². The van der Waals surface area contributed by atoms with Gasteiger partial charge in [0.2, 0.25) is 5.89 Å². The van der Waals surface area contributed by atoms with Crippen molar-refractivity contribution in [3.8, 4) is 0 Å². The highest BCUT2D eigenvalue weighted by Crippen LogP contribution is 2.64. The fraction of sp³-hybridized carbons (Fsp3) is 0.478. The Morgan fingerprint density at radius 3 is 2.67 bits per heavy atom. The smallest absolute Gasteiger partial charge is 0.311 e. The van der Waals surface area contributed by atoms with E-state index in [9.17, 15) is 9.35 Å². The lowest BCUT2D eigenvalue weighted by atomic mass is 9.45. The lowest BCUT2D eigenvalue weighted by Crippen LogP contribution is -2.73. The number of oxazole rings is 1. The molecule has 0 bridgehead atoms. The zero-order valence-corrected chi connectivity index (χ0v) is 19.5. The van der Waals surface area contributed by atoms with Gasteiger partial charge in [-0.1, -0.05) is 11.6 Å². The highest BCUT2D eigenvalue weighted by Gasteiger charge is 2.65. The fourth-order valence-electron chi connectivity index (χ4n) is 5.61. The van der Waals surface area contributed by atoms with Crippen LogP contribution in [0.25, 0.3) is 11.1 Å². The van der Waals surface area contributed by atoms with Crippen LogP contribution in [0.3, 0.4) is 0 Å². The lowest BCUT2D eigenvalue weighted by molar-refractivity contribution is -0.113. The van der Waals surface area contributed by atoms with Crippen molar-refractivity contribution < 1.29 is 18.2 Å². The van der Waals surface area contributed by atoms with E-state index in [0.717, 1.165) is 12.8 Å². The average molecular weight is 489 g/mol. The molecule has 8 nitrogen and oxygen atoms in total. The standard InChI is InChI=1S/C23H25ClN4O4S/c24-14-3-4-16-15(7-14)27-20(32-16)22(25)9-21(10-22)11-23(26,12-21)28-19(29)17-5-6-18(31-17)33(30)8-13-1-2-13/h3-7,13H,1-2,8-12,25-26H2,(H,28,29)/t21?,22-,23-,33-/m0/s1. The molecule has 1 amide bonds. The number of furan rings is 1. The van der Waals surface area contributed by atoms with Gasteiger partial charge in [-0.05, 0) is 68.2 Å². The van der Waals surface area contributed by atoms with Crippen molar-refractivity contribution >= 4 is 39.8 Å². The predicted molar refractivity (Wildman–Crippen MR) is 123 cm³/mol. The van der Waals surface area contributed by atoms with E-state index in [1.165, 1.54) is 0 Å². The SMILES string of the molecule is N[C@]1(NC(=O)c2ccc([S@@+]([O-])CC3CC3)o2)CC2(C1)C[C@](N)(c1nc3cc(Cl)ccc3o1)C2. The number of nitrogens with two attached hydrogens (primary N) is 2. The number of halogens is 1. The number of carbonyl (C=O) groups is 1. The van der Waals surface area contributed by atoms with Crippen molar-refractivity contribution in [3.05, 3.63) is 47.0 Å². The molecule has 0 radical (unpaired) electrons. The summed E-state index contributed by atoms with van der Waals surface area (Å²) in [5.74, 6) is 1.34. The number of hydrogen-bond acceptors (Lipinski definition) is 7. The summed E-state index contributed by atoms with van der Waals surface area (Å²) in [6.07, 6.45) is 4.81. The van der Waals surface area contributed by atoms with Gasteiger partial charge in [-0.3, -0.25) is 4.79 Å². The molecule has 1 aromatic carbocycles. The molecule has 3 aromatic rings. The Balaban J connectivity index is 1.07. The van der Waals surface area contributed by atoms with Crippen LogP contribution in [0.15, 0.2) is 44.3 Å². The number of amides is 1. The van der Waals surface area contributed by atoms with Crippen LogP contribution in [0, 0.1) is 11.3 Å². The van der Waals surface area contributed by atoms with E-state index in [2.05, 4.69) is 10.3 Å². The summed E-state index contributed by atoms with van der Waals surface area (Å²) in [4.78, 5) is 17.2. The Labute approximate surface area is 198 Å². The van der Waals surface area contributed by atoms with Crippen LogP contribution in [0.5, 0.6) is 0 Å². The molecule has 3 fully saturated rings. The van der Waals surface area contributed by atoms with Gasteiger partial charge in [-0.15, -0.1) is 0 Å². The number of hydrogen-bond donors (Lipinski definition) is 3. The molecule has 0 unspecified atom stereocenters. The number of rotatable bonds is 6. The van der Waals surface area contributed by atoms with Crippen LogP contribution < -0.4 is 16.8 Å². The molecule has 2 heterocycles. The summed E-state index contributed by atoms with van der Waals surface area (Å²) in [7, 11) is 0. The van der Waals surface area contributed by atoms with Gasteiger partial charge in [0, 0.05) is 28.2 Å². The van der Waals surface area contributed by atoms with E-state index in [1.54, 1.807) is 30.3 Å². The molecule has 10 heteroatoms. The zero-order valence-electron chi connectivity index (χ0n) is 17.9. The Hall–Kier alpha value is -2.04. The Morgan fingerprint density at radius 2 is 1.94 bits per heavy atom. The second kappa shape index (κ2) is 7.23. The van der Waals surface area contributed by atoms with Gasteiger partial charge in [0.1, 0.15) is 11.3 Å². The molecule has 6 rings (SSSR count). The van der Waals surface area contributed by atoms with Crippen molar-refractivity contribution in [2.45, 2.75) is 54.8 Å². The van der Waals surface area contributed by atoms with Crippen LogP contribution in [-0.2, 0) is 16.7 Å². The first-order chi connectivity index (χ1) is 15.6. The van der Waals surface area contributed by atoms with Crippen LogP contribution in [0.4, 0.5) is 0 Å². The number of fused-ring (bicyclic) bond motifs is 1. The maximum atomic E-state index is 12.7. The molecule has 1 spiro atoms. The molecule has 0 saturated heterocycles. The van der Waals surface area contributed by atoms with E-state index >= 15 is 0 Å². The van der Waals surface area contributed by atoms with Gasteiger partial charge < -0.3 is 30.2 Å². The molecule has 5 N–H and O–H groups in total. The van der Waals surface area contributed by atoms with Crippen LogP contribution in [0.2, 0.25) is 5.02 Å². The third-order valence-corrected chi connectivity index (χ3v) is 8.69. The molecule has 33 heavy (non-hydrogen) atoms. The fourth-order valence-corrected chi connectivity index (χ4v) is 7.10. The second-order valence-corrected chi connectivity index (χ2v) is 12.0. The topological polar surface area (TPSA) is 143 Å². The zero-order chi connectivity index (χ0) is 23.0. The van der Waals surface area contributed by atoms with Crippen molar-refractivity contribution in [1.29, 1.82) is 0 Å². The van der Waals surface area contributed by atoms with Gasteiger partial charge in [0.05, 0.1) is 11.2 Å². The Morgan fingerprint density at radius 1 is 1.18 bits per heavy atom. The summed E-state index contributed by atoms with van der Waals surface area (Å²) in [5, 5.41) is 3.82. The largest absolute Gasteiger partial charge is 0.609 e. The molecule has 3 aliphatic carbocycles. The molecule has 174 valence electrons. The minimum atomic E-state index is -1.21. The summed E-state index contributed by atoms with van der Waals surface area (Å²) >= 11 is 4.83. The molecular weight excluding hydrogens is 464 g/mol. The number of nitrogens with zero attached hydrogens (tertiary/aromatic N) is 1. The van der Waals surface area contributed by atoms with Gasteiger partial charge >= 0.3 is 5.09 Å². The monoisotopic (exact) mass is 488 g/mol. The highest BCUT2D eigenvalue weighted by molar-refractivity contribution is 7.91. The van der Waals surface area contributed by atoms with E-state index in [4.69, 9.17) is 31.9 Å². The molecule has 0 aliphatic heterocycles. The van der Waals surface area contributed by atoms with Gasteiger partial charge in [0.25, 0.3) is 5.91 Å². The Kier molecular flexibility index (Phi) is 4.71. The summed E-state index contributed by atoms with van der Waals surface area (Å²) in [5.41, 5.74) is 12.9. The minimum Gasteiger partial charge on any atom is -0.609 e. The van der Waals surface area contributed by atoms with E-state index in [-0.39, 0.29) is 11.2 Å². The van der Waals surface area contributed by atoms with Gasteiger partial charge in [-0.25, -0.2) is 4.98 Å². The summed E-state index contributed by atoms with van der Waals surface area (Å²) in [6, 6.07) is 8.47. The normalized spacial score (nSPS) is 31.9. The van der Waals surface area contributed by atoms with Crippen molar-refractivity contribution in [3.63, 3.8) is 0 Å². The average Bonchev–Trinajstić information content (AvgIpc) is 3.22. The van der Waals surface area contributed by atoms with Crippen molar-refractivity contribution in [2.24, 2.45) is 22.8 Å². The van der Waals surface area contributed by atoms with E-state index < -0.39 is 28.3 Å².